The highest BCUT2D eigenvalue weighted by atomic mass is 19.1. The molecule has 1 heterocycles. The summed E-state index contributed by atoms with van der Waals surface area (Å²) in [5, 5.41) is 3.51. The smallest absolute Gasteiger partial charge is 0.253 e. The maximum absolute atomic E-state index is 14.5. The first kappa shape index (κ1) is 22.5. The second kappa shape index (κ2) is 9.12. The van der Waals surface area contributed by atoms with Gasteiger partial charge in [-0.15, -0.1) is 0 Å². The molecule has 154 valence electrons. The van der Waals surface area contributed by atoms with Gasteiger partial charge in [0, 0.05) is 23.5 Å². The van der Waals surface area contributed by atoms with E-state index in [1.165, 1.54) is 26.1 Å². The van der Waals surface area contributed by atoms with Gasteiger partial charge in [-0.25, -0.2) is 8.78 Å². The van der Waals surface area contributed by atoms with Crippen molar-refractivity contribution in [2.24, 2.45) is 0 Å². The van der Waals surface area contributed by atoms with Gasteiger partial charge in [0.1, 0.15) is 17.0 Å². The average Bonchev–Trinajstić information content (AvgIpc) is 2.63. The summed E-state index contributed by atoms with van der Waals surface area (Å²) >= 11 is 0. The number of para-hydroxylation sites is 1. The number of amides is 1. The van der Waals surface area contributed by atoms with Crippen molar-refractivity contribution in [1.29, 1.82) is 0 Å². The van der Waals surface area contributed by atoms with Crippen molar-refractivity contribution in [3.63, 3.8) is 0 Å². The van der Waals surface area contributed by atoms with Crippen LogP contribution in [0.1, 0.15) is 50.9 Å². The summed E-state index contributed by atoms with van der Waals surface area (Å²) < 4.78 is 28.4. The molecule has 0 aliphatic heterocycles. The first-order valence-electron chi connectivity index (χ1n) is 9.57. The maximum Gasteiger partial charge on any atom is 0.253 e. The number of carbonyl (C=O) groups is 1. The number of pyridine rings is 1. The van der Waals surface area contributed by atoms with Crippen LogP contribution in [0.2, 0.25) is 0 Å². The number of benzene rings is 1. The van der Waals surface area contributed by atoms with Crippen LogP contribution in [0.15, 0.2) is 66.9 Å². The Hall–Kier alpha value is -2.82. The number of carbonyl (C=O) groups excluding carboxylic acids is 1. The third kappa shape index (κ3) is 6.34. The largest absolute Gasteiger partial charge is 0.346 e. The lowest BCUT2D eigenvalue weighted by atomic mass is 9.83. The Labute approximate surface area is 171 Å². The molecule has 29 heavy (non-hydrogen) atoms. The van der Waals surface area contributed by atoms with E-state index in [-0.39, 0.29) is 17.8 Å². The summed E-state index contributed by atoms with van der Waals surface area (Å²) in [5.74, 6) is -0.816. The number of aromatic nitrogens is 1. The topological polar surface area (TPSA) is 42.0 Å². The van der Waals surface area contributed by atoms with E-state index >= 15 is 0 Å². The van der Waals surface area contributed by atoms with Crippen molar-refractivity contribution in [1.82, 2.24) is 10.3 Å². The highest BCUT2D eigenvalue weighted by molar-refractivity contribution is 5.97. The predicted octanol–water partition coefficient (Wildman–Crippen LogP) is 6.08. The van der Waals surface area contributed by atoms with E-state index < -0.39 is 17.0 Å². The molecule has 0 bridgehead atoms. The van der Waals surface area contributed by atoms with Gasteiger partial charge in [-0.1, -0.05) is 43.0 Å². The number of fused-ring (bicyclic) bond motifs is 1. The van der Waals surface area contributed by atoms with Gasteiger partial charge in [-0.2, -0.15) is 0 Å². The van der Waals surface area contributed by atoms with E-state index in [4.69, 9.17) is 0 Å². The van der Waals surface area contributed by atoms with E-state index in [2.05, 4.69) is 16.9 Å². The quantitative estimate of drug-likeness (QED) is 0.548. The number of hydrogen-bond acceptors (Lipinski definition) is 2. The highest BCUT2D eigenvalue weighted by Gasteiger charge is 2.34. The van der Waals surface area contributed by atoms with Crippen molar-refractivity contribution in [2.75, 3.05) is 0 Å². The van der Waals surface area contributed by atoms with Crippen molar-refractivity contribution >= 4 is 16.8 Å². The van der Waals surface area contributed by atoms with Gasteiger partial charge in [0.15, 0.2) is 0 Å². The molecule has 0 saturated carbocycles. The molecule has 2 rings (SSSR count). The lowest BCUT2D eigenvalue weighted by Crippen LogP contribution is -2.49. The van der Waals surface area contributed by atoms with Crippen molar-refractivity contribution < 1.29 is 13.6 Å². The number of hydrogen-bond donors (Lipinski definition) is 1. The summed E-state index contributed by atoms with van der Waals surface area (Å²) in [7, 11) is 0. The molecule has 0 saturated heterocycles. The number of alkyl halides is 1. The van der Waals surface area contributed by atoms with Crippen molar-refractivity contribution in [3.8, 4) is 0 Å². The molecule has 2 aromatic rings. The molecule has 0 radical (unpaired) electrons. The summed E-state index contributed by atoms with van der Waals surface area (Å²) in [4.78, 5) is 17.0. The predicted molar refractivity (Wildman–Crippen MR) is 115 cm³/mol. The number of rotatable bonds is 8. The van der Waals surface area contributed by atoms with E-state index in [0.29, 0.717) is 17.4 Å². The summed E-state index contributed by atoms with van der Waals surface area (Å²) in [5.41, 5.74) is -0.847. The van der Waals surface area contributed by atoms with Gasteiger partial charge in [-0.05, 0) is 51.8 Å². The molecular formula is C24H28F2N2O. The fraction of sp³-hybridized carbons (Fsp3) is 0.333. The van der Waals surface area contributed by atoms with Crippen LogP contribution in [0.4, 0.5) is 8.78 Å². The Balaban J connectivity index is 2.33. The van der Waals surface area contributed by atoms with Crippen molar-refractivity contribution in [2.45, 2.75) is 51.7 Å². The zero-order valence-corrected chi connectivity index (χ0v) is 17.4. The fourth-order valence-corrected chi connectivity index (χ4v) is 3.57. The van der Waals surface area contributed by atoms with Crippen molar-refractivity contribution in [3.05, 3.63) is 78.3 Å². The van der Waals surface area contributed by atoms with Gasteiger partial charge in [0.05, 0.1) is 5.56 Å². The summed E-state index contributed by atoms with van der Waals surface area (Å²) in [6, 6.07) is 6.19. The molecule has 1 amide bonds. The third-order valence-electron chi connectivity index (χ3n) is 4.56. The normalized spacial score (nSPS) is 14.8. The first-order chi connectivity index (χ1) is 13.6. The second-order valence-electron chi connectivity index (χ2n) is 8.08. The Morgan fingerprint density at radius 2 is 2.03 bits per heavy atom. The third-order valence-corrected chi connectivity index (χ3v) is 4.56. The zero-order chi connectivity index (χ0) is 21.7. The molecule has 0 fully saturated rings. The zero-order valence-electron chi connectivity index (χ0n) is 17.4. The maximum atomic E-state index is 14.5. The lowest BCUT2D eigenvalue weighted by molar-refractivity contribution is 0.0844. The van der Waals surface area contributed by atoms with Crippen LogP contribution in [0.3, 0.4) is 0 Å². The Morgan fingerprint density at radius 1 is 1.31 bits per heavy atom. The molecule has 1 atom stereocenters. The molecule has 1 aromatic heterocycles. The van der Waals surface area contributed by atoms with E-state index in [1.54, 1.807) is 30.4 Å². The molecule has 1 aromatic carbocycles. The van der Waals surface area contributed by atoms with Crippen LogP contribution >= 0.6 is 0 Å². The van der Waals surface area contributed by atoms with Crippen LogP contribution in [-0.2, 0) is 0 Å². The molecule has 3 nitrogen and oxygen atoms in total. The number of nitrogens with zero attached hydrogens (tertiary/aromatic N) is 1. The Morgan fingerprint density at radius 3 is 2.66 bits per heavy atom. The van der Waals surface area contributed by atoms with Crippen LogP contribution < -0.4 is 5.32 Å². The Kier molecular flexibility index (Phi) is 7.07. The van der Waals surface area contributed by atoms with Crippen LogP contribution in [0.25, 0.3) is 10.9 Å². The minimum atomic E-state index is -1.48. The molecular weight excluding hydrogens is 370 g/mol. The molecule has 1 unspecified atom stereocenters. The molecule has 0 aliphatic rings. The number of allylic oxidation sites excluding steroid dienone is 4. The van der Waals surface area contributed by atoms with Gasteiger partial charge in [0.2, 0.25) is 0 Å². The highest BCUT2D eigenvalue weighted by Crippen LogP contribution is 2.30. The number of halogens is 2. The molecule has 1 N–H and O–H groups in total. The standard InChI is InChI=1S/C24H28F2N2O/c1-6-8-10-17(7-2)14-24(5,16-23(3,4)26)28-22(29)19-13-18-11-9-12-20(25)21(18)27-15-19/h6-13,15H,1,14,16H2,2-5H3,(H,28,29)/b10-8-,17-7+. The molecule has 5 heteroatoms. The van der Waals surface area contributed by atoms with Crippen LogP contribution in [-0.4, -0.2) is 22.1 Å². The van der Waals surface area contributed by atoms with Gasteiger partial charge >= 0.3 is 0 Å². The summed E-state index contributed by atoms with van der Waals surface area (Å²) in [6.07, 6.45) is 9.20. The van der Waals surface area contributed by atoms with E-state index in [9.17, 15) is 13.6 Å². The van der Waals surface area contributed by atoms with Gasteiger partial charge < -0.3 is 5.32 Å². The first-order valence-corrected chi connectivity index (χ1v) is 9.57. The average molecular weight is 398 g/mol. The SMILES string of the molecule is C=C/C=C\C(=C/C)CC(C)(CC(C)(C)F)NC(=O)c1cnc2c(F)cccc2c1. The monoisotopic (exact) mass is 398 g/mol. The minimum absolute atomic E-state index is 0.126. The van der Waals surface area contributed by atoms with Gasteiger partial charge in [-0.3, -0.25) is 9.78 Å². The minimum Gasteiger partial charge on any atom is -0.346 e. The number of nitrogens with one attached hydrogen (secondary N) is 1. The van der Waals surface area contributed by atoms with E-state index in [1.807, 2.05) is 26.0 Å². The Bertz CT molecular complexity index is 957. The van der Waals surface area contributed by atoms with Crippen LogP contribution in [0.5, 0.6) is 0 Å². The molecule has 0 aliphatic carbocycles. The second-order valence-corrected chi connectivity index (χ2v) is 8.08. The summed E-state index contributed by atoms with van der Waals surface area (Å²) in [6.45, 7) is 10.4. The van der Waals surface area contributed by atoms with Gasteiger partial charge in [0.25, 0.3) is 5.91 Å². The fourth-order valence-electron chi connectivity index (χ4n) is 3.57. The van der Waals surface area contributed by atoms with E-state index in [0.717, 1.165) is 5.57 Å². The molecule has 0 spiro atoms. The van der Waals surface area contributed by atoms with Crippen LogP contribution in [0, 0.1) is 5.82 Å². The lowest BCUT2D eigenvalue weighted by Gasteiger charge is -2.35.